The minimum absolute atomic E-state index is 0.114. The molecule has 0 spiro atoms. The quantitative estimate of drug-likeness (QED) is 0.832. The van der Waals surface area contributed by atoms with Crippen molar-refractivity contribution in [2.75, 3.05) is 13.6 Å². The molecule has 1 N–H and O–H groups in total. The molecule has 0 saturated heterocycles. The second-order valence-corrected chi connectivity index (χ2v) is 10.2. The predicted octanol–water partition coefficient (Wildman–Crippen LogP) is 3.36. The third-order valence-electron chi connectivity index (χ3n) is 4.20. The SMILES string of the molecule is CCNC1CCC(N(C)S(=O)(=O)c2cc(Br)sc2C)CC1. The van der Waals surface area contributed by atoms with Crippen LogP contribution in [0.25, 0.3) is 0 Å². The zero-order valence-corrected chi connectivity index (χ0v) is 15.9. The van der Waals surface area contributed by atoms with Crippen molar-refractivity contribution in [1.82, 2.24) is 9.62 Å². The van der Waals surface area contributed by atoms with Crippen molar-refractivity contribution in [2.24, 2.45) is 0 Å². The molecular formula is C14H23BrN2O2S2. The van der Waals surface area contributed by atoms with Gasteiger partial charge in [0.2, 0.25) is 10.0 Å². The number of thiophene rings is 1. The Kier molecular flexibility index (Phi) is 5.87. The second-order valence-electron chi connectivity index (χ2n) is 5.56. The summed E-state index contributed by atoms with van der Waals surface area (Å²) in [6.07, 6.45) is 3.95. The molecule has 1 aliphatic carbocycles. The summed E-state index contributed by atoms with van der Waals surface area (Å²) >= 11 is 4.84. The molecule has 1 heterocycles. The average molecular weight is 395 g/mol. The summed E-state index contributed by atoms with van der Waals surface area (Å²) in [5.74, 6) is 0. The number of rotatable bonds is 5. The fourth-order valence-corrected chi connectivity index (χ4v) is 6.77. The second kappa shape index (κ2) is 7.08. The zero-order chi connectivity index (χ0) is 15.6. The molecule has 0 radical (unpaired) electrons. The molecule has 1 aromatic rings. The van der Waals surface area contributed by atoms with Crippen molar-refractivity contribution in [3.63, 3.8) is 0 Å². The number of halogens is 1. The van der Waals surface area contributed by atoms with Crippen LogP contribution in [0.4, 0.5) is 0 Å². The van der Waals surface area contributed by atoms with Crippen LogP contribution in [0, 0.1) is 6.92 Å². The lowest BCUT2D eigenvalue weighted by Crippen LogP contribution is -2.43. The Labute approximate surface area is 140 Å². The molecule has 0 unspecified atom stereocenters. The summed E-state index contributed by atoms with van der Waals surface area (Å²) < 4.78 is 28.0. The number of aryl methyl sites for hydroxylation is 1. The summed E-state index contributed by atoms with van der Waals surface area (Å²) in [6.45, 7) is 4.95. The highest BCUT2D eigenvalue weighted by Crippen LogP contribution is 2.33. The normalized spacial score (nSPS) is 23.7. The lowest BCUT2D eigenvalue weighted by molar-refractivity contribution is 0.251. The first-order chi connectivity index (χ1) is 9.86. The first-order valence-corrected chi connectivity index (χ1v) is 10.4. The third kappa shape index (κ3) is 3.88. The highest BCUT2D eigenvalue weighted by molar-refractivity contribution is 9.11. The fourth-order valence-electron chi connectivity index (χ4n) is 2.97. The summed E-state index contributed by atoms with van der Waals surface area (Å²) in [5.41, 5.74) is 0. The van der Waals surface area contributed by atoms with E-state index in [0.717, 1.165) is 40.9 Å². The first kappa shape index (κ1) is 17.4. The van der Waals surface area contributed by atoms with Crippen LogP contribution in [0.3, 0.4) is 0 Å². The Balaban J connectivity index is 2.09. The molecule has 4 nitrogen and oxygen atoms in total. The van der Waals surface area contributed by atoms with E-state index in [9.17, 15) is 8.42 Å². The fraction of sp³-hybridized carbons (Fsp3) is 0.714. The van der Waals surface area contributed by atoms with E-state index in [-0.39, 0.29) is 6.04 Å². The highest BCUT2D eigenvalue weighted by Gasteiger charge is 2.32. The zero-order valence-electron chi connectivity index (χ0n) is 12.7. The molecule has 1 aromatic heterocycles. The van der Waals surface area contributed by atoms with Crippen LogP contribution in [0.2, 0.25) is 0 Å². The van der Waals surface area contributed by atoms with E-state index < -0.39 is 10.0 Å². The van der Waals surface area contributed by atoms with Gasteiger partial charge in [0.05, 0.1) is 8.68 Å². The number of nitrogens with zero attached hydrogens (tertiary/aromatic N) is 1. The smallest absolute Gasteiger partial charge is 0.244 e. The summed E-state index contributed by atoms with van der Waals surface area (Å²) in [7, 11) is -1.66. The molecule has 0 aromatic carbocycles. The minimum Gasteiger partial charge on any atom is -0.314 e. The maximum Gasteiger partial charge on any atom is 0.244 e. The van der Waals surface area contributed by atoms with Gasteiger partial charge in [0, 0.05) is 24.0 Å². The Bertz CT molecular complexity index is 578. The van der Waals surface area contributed by atoms with Crippen LogP contribution in [-0.4, -0.2) is 38.4 Å². The maximum absolute atomic E-state index is 12.8. The Morgan fingerprint density at radius 2 is 2.00 bits per heavy atom. The van der Waals surface area contributed by atoms with Crippen molar-refractivity contribution >= 4 is 37.3 Å². The molecule has 1 fully saturated rings. The number of hydrogen-bond donors (Lipinski definition) is 1. The van der Waals surface area contributed by atoms with Crippen molar-refractivity contribution in [1.29, 1.82) is 0 Å². The van der Waals surface area contributed by atoms with E-state index in [0.29, 0.717) is 10.9 Å². The molecule has 0 bridgehead atoms. The van der Waals surface area contributed by atoms with Crippen LogP contribution in [0.5, 0.6) is 0 Å². The molecule has 0 atom stereocenters. The van der Waals surface area contributed by atoms with Gasteiger partial charge in [-0.3, -0.25) is 0 Å². The number of hydrogen-bond acceptors (Lipinski definition) is 4. The largest absolute Gasteiger partial charge is 0.314 e. The lowest BCUT2D eigenvalue weighted by Gasteiger charge is -2.34. The molecule has 120 valence electrons. The Morgan fingerprint density at radius 3 is 2.48 bits per heavy atom. The molecule has 0 amide bonds. The molecule has 1 aliphatic rings. The summed E-state index contributed by atoms with van der Waals surface area (Å²) in [6, 6.07) is 2.37. The van der Waals surface area contributed by atoms with Crippen molar-refractivity contribution < 1.29 is 8.42 Å². The van der Waals surface area contributed by atoms with Gasteiger partial charge in [0.15, 0.2) is 0 Å². The van der Waals surface area contributed by atoms with E-state index in [1.165, 1.54) is 11.3 Å². The molecule has 0 aliphatic heterocycles. The van der Waals surface area contributed by atoms with Gasteiger partial charge in [0.25, 0.3) is 0 Å². The lowest BCUT2D eigenvalue weighted by atomic mass is 9.91. The molecule has 2 rings (SSSR count). The van der Waals surface area contributed by atoms with E-state index in [4.69, 9.17) is 0 Å². The molecule has 21 heavy (non-hydrogen) atoms. The van der Waals surface area contributed by atoms with Gasteiger partial charge in [-0.1, -0.05) is 6.92 Å². The van der Waals surface area contributed by atoms with Crippen molar-refractivity contribution in [2.45, 2.75) is 56.5 Å². The van der Waals surface area contributed by atoms with Crippen LogP contribution < -0.4 is 5.32 Å². The van der Waals surface area contributed by atoms with Gasteiger partial charge in [0.1, 0.15) is 0 Å². The molecule has 7 heteroatoms. The van der Waals surface area contributed by atoms with Crippen LogP contribution >= 0.6 is 27.3 Å². The monoisotopic (exact) mass is 394 g/mol. The van der Waals surface area contributed by atoms with Gasteiger partial charge in [-0.05, 0) is 61.1 Å². The van der Waals surface area contributed by atoms with Crippen LogP contribution in [0.1, 0.15) is 37.5 Å². The standard InChI is InChI=1S/C14H23BrN2O2S2/c1-4-16-11-5-7-12(8-6-11)17(3)21(18,19)13-9-14(15)20-10(13)2/h9,11-12,16H,4-8H2,1-3H3. The van der Waals surface area contributed by atoms with Gasteiger partial charge >= 0.3 is 0 Å². The predicted molar refractivity (Wildman–Crippen MR) is 91.4 cm³/mol. The Morgan fingerprint density at radius 1 is 1.38 bits per heavy atom. The van der Waals surface area contributed by atoms with Crippen LogP contribution in [-0.2, 0) is 10.0 Å². The highest BCUT2D eigenvalue weighted by atomic mass is 79.9. The van der Waals surface area contributed by atoms with E-state index in [1.54, 1.807) is 17.4 Å². The maximum atomic E-state index is 12.8. The minimum atomic E-state index is -3.38. The van der Waals surface area contributed by atoms with Gasteiger partial charge in [-0.2, -0.15) is 4.31 Å². The number of sulfonamides is 1. The van der Waals surface area contributed by atoms with Gasteiger partial charge < -0.3 is 5.32 Å². The van der Waals surface area contributed by atoms with Gasteiger partial charge in [-0.25, -0.2) is 8.42 Å². The van der Waals surface area contributed by atoms with Crippen molar-refractivity contribution in [3.05, 3.63) is 14.7 Å². The first-order valence-electron chi connectivity index (χ1n) is 7.33. The van der Waals surface area contributed by atoms with Crippen LogP contribution in [0.15, 0.2) is 14.7 Å². The average Bonchev–Trinajstić information content (AvgIpc) is 2.79. The Hall–Kier alpha value is 0.0500. The van der Waals surface area contributed by atoms with Gasteiger partial charge in [-0.15, -0.1) is 11.3 Å². The molecule has 1 saturated carbocycles. The van der Waals surface area contributed by atoms with E-state index in [1.807, 2.05) is 6.92 Å². The summed E-state index contributed by atoms with van der Waals surface area (Å²) in [5, 5.41) is 3.45. The number of nitrogens with one attached hydrogen (secondary N) is 1. The third-order valence-corrected chi connectivity index (χ3v) is 7.92. The van der Waals surface area contributed by atoms with Crippen molar-refractivity contribution in [3.8, 4) is 0 Å². The van der Waals surface area contributed by atoms with E-state index >= 15 is 0 Å². The van der Waals surface area contributed by atoms with E-state index in [2.05, 4.69) is 28.2 Å². The topological polar surface area (TPSA) is 49.4 Å². The molecular weight excluding hydrogens is 372 g/mol. The summed E-state index contributed by atoms with van der Waals surface area (Å²) in [4.78, 5) is 1.28.